The van der Waals surface area contributed by atoms with Gasteiger partial charge >= 0.3 is 0 Å². The smallest absolute Gasteiger partial charge is 0.0669 e. The first kappa shape index (κ1) is 9.09. The Morgan fingerprint density at radius 1 is 1.42 bits per heavy atom. The van der Waals surface area contributed by atoms with Crippen molar-refractivity contribution < 1.29 is 0 Å². The number of nitrogens with zero attached hydrogens (tertiary/aromatic N) is 1. The zero-order chi connectivity index (χ0) is 8.97. The lowest BCUT2D eigenvalue weighted by molar-refractivity contribution is 1.08. The Morgan fingerprint density at radius 2 is 2.17 bits per heavy atom. The minimum Gasteiger partial charge on any atom is -0.198 e. The molecule has 1 aromatic carbocycles. The van der Waals surface area contributed by atoms with Crippen LogP contribution in [0.2, 0.25) is 5.02 Å². The van der Waals surface area contributed by atoms with Crippen molar-refractivity contribution in [3.63, 3.8) is 0 Å². The third-order valence-electron chi connectivity index (χ3n) is 1.82. The van der Waals surface area contributed by atoms with Crippen molar-refractivity contribution >= 4 is 11.6 Å². The molecule has 0 aliphatic heterocycles. The minimum absolute atomic E-state index is 0.473. The van der Waals surface area contributed by atoms with Crippen LogP contribution in [0.5, 0.6) is 0 Å². The van der Waals surface area contributed by atoms with E-state index in [9.17, 15) is 0 Å². The largest absolute Gasteiger partial charge is 0.198 e. The molecule has 0 saturated heterocycles. The van der Waals surface area contributed by atoms with Gasteiger partial charge in [0.05, 0.1) is 12.5 Å². The molecule has 0 N–H and O–H groups in total. The molecule has 2 heteroatoms. The second-order valence-electron chi connectivity index (χ2n) is 2.60. The Kier molecular flexibility index (Phi) is 3.13. The zero-order valence-corrected chi connectivity index (χ0v) is 7.73. The summed E-state index contributed by atoms with van der Waals surface area (Å²) >= 11 is 5.81. The van der Waals surface area contributed by atoms with Gasteiger partial charge in [-0.25, -0.2) is 0 Å². The monoisotopic (exact) mass is 179 g/mol. The summed E-state index contributed by atoms with van der Waals surface area (Å²) in [5.41, 5.74) is 2.26. The fourth-order valence-electron chi connectivity index (χ4n) is 1.18. The fourth-order valence-corrected chi connectivity index (χ4v) is 1.38. The van der Waals surface area contributed by atoms with E-state index in [1.165, 1.54) is 5.56 Å². The number of halogens is 1. The van der Waals surface area contributed by atoms with Gasteiger partial charge < -0.3 is 0 Å². The number of aryl methyl sites for hydroxylation is 1. The van der Waals surface area contributed by atoms with Gasteiger partial charge in [-0.1, -0.05) is 24.6 Å². The first-order chi connectivity index (χ1) is 5.77. The molecule has 0 saturated carbocycles. The van der Waals surface area contributed by atoms with Crippen LogP contribution in [0, 0.1) is 11.3 Å². The molecule has 1 rings (SSSR count). The zero-order valence-electron chi connectivity index (χ0n) is 6.97. The van der Waals surface area contributed by atoms with Crippen LogP contribution in [0.4, 0.5) is 0 Å². The summed E-state index contributed by atoms with van der Waals surface area (Å²) < 4.78 is 0. The summed E-state index contributed by atoms with van der Waals surface area (Å²) in [4.78, 5) is 0. The van der Waals surface area contributed by atoms with E-state index in [-0.39, 0.29) is 0 Å². The second kappa shape index (κ2) is 4.13. The van der Waals surface area contributed by atoms with Gasteiger partial charge in [0.25, 0.3) is 0 Å². The normalized spacial score (nSPS) is 9.42. The molecular formula is C10H10ClN. The number of nitriles is 1. The quantitative estimate of drug-likeness (QED) is 0.685. The molecule has 0 bridgehead atoms. The molecule has 0 spiro atoms. The van der Waals surface area contributed by atoms with Crippen LogP contribution in [-0.2, 0) is 12.8 Å². The van der Waals surface area contributed by atoms with Crippen LogP contribution in [0.25, 0.3) is 0 Å². The molecule has 0 heterocycles. The van der Waals surface area contributed by atoms with E-state index in [2.05, 4.69) is 13.0 Å². The fraction of sp³-hybridized carbons (Fsp3) is 0.300. The van der Waals surface area contributed by atoms with Gasteiger partial charge in [-0.15, -0.1) is 0 Å². The highest BCUT2D eigenvalue weighted by Crippen LogP contribution is 2.16. The number of benzene rings is 1. The predicted octanol–water partition coefficient (Wildman–Crippen LogP) is 2.97. The van der Waals surface area contributed by atoms with E-state index < -0.39 is 0 Å². The lowest BCUT2D eigenvalue weighted by Gasteiger charge is -2.03. The summed E-state index contributed by atoms with van der Waals surface area (Å²) in [6, 6.07) is 7.81. The molecule has 0 aliphatic carbocycles. The highest BCUT2D eigenvalue weighted by Gasteiger charge is 2.00. The van der Waals surface area contributed by atoms with Crippen LogP contribution < -0.4 is 0 Å². The minimum atomic E-state index is 0.473. The van der Waals surface area contributed by atoms with Gasteiger partial charge in [0.15, 0.2) is 0 Å². The van der Waals surface area contributed by atoms with Crippen molar-refractivity contribution in [3.05, 3.63) is 34.3 Å². The van der Waals surface area contributed by atoms with Crippen molar-refractivity contribution in [1.82, 2.24) is 0 Å². The Morgan fingerprint density at radius 3 is 2.75 bits per heavy atom. The molecule has 0 radical (unpaired) electrons. The Bertz CT molecular complexity index is 312. The van der Waals surface area contributed by atoms with Crippen molar-refractivity contribution in [1.29, 1.82) is 5.26 Å². The van der Waals surface area contributed by atoms with Crippen molar-refractivity contribution in [2.75, 3.05) is 0 Å². The van der Waals surface area contributed by atoms with E-state index in [0.29, 0.717) is 6.42 Å². The maximum absolute atomic E-state index is 8.53. The van der Waals surface area contributed by atoms with Gasteiger partial charge in [0.1, 0.15) is 0 Å². The summed E-state index contributed by atoms with van der Waals surface area (Å²) in [5, 5.41) is 9.27. The average molecular weight is 180 g/mol. The summed E-state index contributed by atoms with van der Waals surface area (Å²) in [7, 11) is 0. The summed E-state index contributed by atoms with van der Waals surface area (Å²) in [5.74, 6) is 0. The highest BCUT2D eigenvalue weighted by atomic mass is 35.5. The maximum atomic E-state index is 8.53. The van der Waals surface area contributed by atoms with E-state index >= 15 is 0 Å². The molecule has 0 amide bonds. The van der Waals surface area contributed by atoms with Crippen LogP contribution in [0.3, 0.4) is 0 Å². The molecule has 0 fully saturated rings. The third kappa shape index (κ3) is 1.99. The van der Waals surface area contributed by atoms with Crippen LogP contribution in [0.15, 0.2) is 18.2 Å². The molecule has 0 aliphatic rings. The highest BCUT2D eigenvalue weighted by molar-refractivity contribution is 6.30. The van der Waals surface area contributed by atoms with Gasteiger partial charge in [-0.2, -0.15) is 5.26 Å². The number of hydrogen-bond acceptors (Lipinski definition) is 1. The van der Waals surface area contributed by atoms with Gasteiger partial charge in [0.2, 0.25) is 0 Å². The Labute approximate surface area is 77.6 Å². The SMILES string of the molecule is CCc1cc(Cl)ccc1CC#N. The number of rotatable bonds is 2. The molecule has 1 aromatic rings. The molecule has 0 aromatic heterocycles. The number of hydrogen-bond donors (Lipinski definition) is 0. The first-order valence-electron chi connectivity index (χ1n) is 3.92. The molecular weight excluding hydrogens is 170 g/mol. The lowest BCUT2D eigenvalue weighted by Crippen LogP contribution is -1.90. The summed E-state index contributed by atoms with van der Waals surface area (Å²) in [6.45, 7) is 2.06. The topological polar surface area (TPSA) is 23.8 Å². The molecule has 0 unspecified atom stereocenters. The van der Waals surface area contributed by atoms with Gasteiger partial charge in [0, 0.05) is 5.02 Å². The van der Waals surface area contributed by atoms with E-state index in [4.69, 9.17) is 16.9 Å². The Balaban J connectivity index is 3.04. The van der Waals surface area contributed by atoms with Crippen LogP contribution in [0.1, 0.15) is 18.1 Å². The lowest BCUT2D eigenvalue weighted by atomic mass is 10.0. The molecule has 0 atom stereocenters. The molecule has 12 heavy (non-hydrogen) atoms. The standard InChI is InChI=1S/C10H10ClN/c1-2-8-7-10(11)4-3-9(8)5-6-12/h3-4,7H,2,5H2,1H3. The van der Waals surface area contributed by atoms with E-state index in [1.54, 1.807) is 0 Å². The summed E-state index contributed by atoms with van der Waals surface area (Å²) in [6.07, 6.45) is 1.40. The third-order valence-corrected chi connectivity index (χ3v) is 2.05. The second-order valence-corrected chi connectivity index (χ2v) is 3.04. The van der Waals surface area contributed by atoms with Gasteiger partial charge in [-0.3, -0.25) is 0 Å². The van der Waals surface area contributed by atoms with Crippen molar-refractivity contribution in [2.45, 2.75) is 19.8 Å². The van der Waals surface area contributed by atoms with Crippen molar-refractivity contribution in [2.24, 2.45) is 0 Å². The van der Waals surface area contributed by atoms with E-state index in [0.717, 1.165) is 17.0 Å². The maximum Gasteiger partial charge on any atom is 0.0669 e. The first-order valence-corrected chi connectivity index (χ1v) is 4.30. The average Bonchev–Trinajstić information content (AvgIpc) is 2.08. The molecule has 62 valence electrons. The van der Waals surface area contributed by atoms with Gasteiger partial charge in [-0.05, 0) is 29.7 Å². The molecule has 1 nitrogen and oxygen atoms in total. The Hall–Kier alpha value is -1.00. The van der Waals surface area contributed by atoms with Crippen LogP contribution >= 0.6 is 11.6 Å². The van der Waals surface area contributed by atoms with Crippen molar-refractivity contribution in [3.8, 4) is 6.07 Å². The predicted molar refractivity (Wildman–Crippen MR) is 50.1 cm³/mol. The van der Waals surface area contributed by atoms with Crippen LogP contribution in [-0.4, -0.2) is 0 Å². The van der Waals surface area contributed by atoms with E-state index in [1.807, 2.05) is 18.2 Å².